The van der Waals surface area contributed by atoms with Gasteiger partial charge in [0, 0.05) is 11.8 Å². The van der Waals surface area contributed by atoms with Gasteiger partial charge in [0.2, 0.25) is 5.95 Å². The lowest BCUT2D eigenvalue weighted by Crippen LogP contribution is -2.10. The molecule has 7 nitrogen and oxygen atoms in total. The van der Waals surface area contributed by atoms with Gasteiger partial charge in [-0.25, -0.2) is 15.1 Å². The fraction of sp³-hybridized carbons (Fsp3) is 0.176. The molecule has 3 rings (SSSR count). The highest BCUT2D eigenvalue weighted by Crippen LogP contribution is 2.19. The van der Waals surface area contributed by atoms with Crippen LogP contribution < -0.4 is 11.0 Å². The van der Waals surface area contributed by atoms with Crippen molar-refractivity contribution in [3.63, 3.8) is 0 Å². The summed E-state index contributed by atoms with van der Waals surface area (Å²) < 4.78 is 1.72. The van der Waals surface area contributed by atoms with Crippen LogP contribution in [0.4, 0.5) is 5.95 Å². The Balaban J connectivity index is 1.77. The highest BCUT2D eigenvalue weighted by atomic mass is 35.5. The van der Waals surface area contributed by atoms with Crippen LogP contribution >= 0.6 is 11.6 Å². The Morgan fingerprint density at radius 1 is 1.32 bits per heavy atom. The van der Waals surface area contributed by atoms with Crippen molar-refractivity contribution in [1.29, 1.82) is 0 Å². The van der Waals surface area contributed by atoms with Gasteiger partial charge in [-0.3, -0.25) is 9.78 Å². The van der Waals surface area contributed by atoms with Crippen molar-refractivity contribution in [3.8, 4) is 0 Å². The van der Waals surface area contributed by atoms with Gasteiger partial charge in [0.05, 0.1) is 24.0 Å². The van der Waals surface area contributed by atoms with E-state index in [4.69, 9.17) is 11.6 Å². The molecule has 0 atom stereocenters. The van der Waals surface area contributed by atoms with E-state index in [0.717, 1.165) is 11.3 Å². The predicted octanol–water partition coefficient (Wildman–Crippen LogP) is 2.73. The molecule has 2 aromatic heterocycles. The molecule has 0 radical (unpaired) electrons. The Kier molecular flexibility index (Phi) is 4.95. The highest BCUT2D eigenvalue weighted by Gasteiger charge is 2.12. The molecule has 8 heteroatoms. The van der Waals surface area contributed by atoms with Crippen molar-refractivity contribution in [2.45, 2.75) is 20.4 Å². The minimum Gasteiger partial charge on any atom is -0.291 e. The number of hydrazone groups is 1. The van der Waals surface area contributed by atoms with Crippen molar-refractivity contribution >= 4 is 23.8 Å². The quantitative estimate of drug-likeness (QED) is 0.543. The minimum absolute atomic E-state index is 0.241. The molecule has 0 aliphatic heterocycles. The Morgan fingerprint density at radius 3 is 2.80 bits per heavy atom. The monoisotopic (exact) mass is 356 g/mol. The lowest BCUT2D eigenvalue weighted by atomic mass is 10.2. The summed E-state index contributed by atoms with van der Waals surface area (Å²) in [4.78, 5) is 18.1. The molecule has 0 aliphatic rings. The number of aromatic amines is 1. The molecule has 0 saturated heterocycles. The summed E-state index contributed by atoms with van der Waals surface area (Å²) in [6, 6.07) is 11.4. The minimum atomic E-state index is -0.241. The average molecular weight is 357 g/mol. The molecular weight excluding hydrogens is 340 g/mol. The second-order valence-corrected chi connectivity index (χ2v) is 5.90. The standard InChI is InChI=1S/C17H17ClN6O/c1-11-8-15(25)21-17(20-11)22-19-9-14-12(2)23-24(16(14)18)10-13-6-4-3-5-7-13/h3-9H,10H2,1-2H3,(H2,20,21,22,25)/b19-9-. The molecular formula is C17H17ClN6O. The fourth-order valence-corrected chi connectivity index (χ4v) is 2.65. The molecule has 128 valence electrons. The molecule has 0 fully saturated rings. The molecule has 0 saturated carbocycles. The number of nitrogens with one attached hydrogen (secondary N) is 2. The number of hydrogen-bond acceptors (Lipinski definition) is 5. The maximum atomic E-state index is 11.4. The normalized spacial score (nSPS) is 11.2. The van der Waals surface area contributed by atoms with Gasteiger partial charge in [-0.2, -0.15) is 10.2 Å². The number of aromatic nitrogens is 4. The van der Waals surface area contributed by atoms with Crippen LogP contribution in [-0.2, 0) is 6.54 Å². The first-order valence-electron chi connectivity index (χ1n) is 7.67. The van der Waals surface area contributed by atoms with Crippen LogP contribution in [0.3, 0.4) is 0 Å². The van der Waals surface area contributed by atoms with Crippen LogP contribution in [0.15, 0.2) is 46.3 Å². The van der Waals surface area contributed by atoms with Crippen molar-refractivity contribution in [2.75, 3.05) is 5.43 Å². The molecule has 0 amide bonds. The number of H-pyrrole nitrogens is 1. The van der Waals surface area contributed by atoms with Gasteiger partial charge in [-0.1, -0.05) is 41.9 Å². The van der Waals surface area contributed by atoms with Crippen molar-refractivity contribution in [3.05, 3.63) is 74.4 Å². The summed E-state index contributed by atoms with van der Waals surface area (Å²) >= 11 is 6.42. The maximum absolute atomic E-state index is 11.4. The zero-order chi connectivity index (χ0) is 17.8. The van der Waals surface area contributed by atoms with E-state index < -0.39 is 0 Å². The van der Waals surface area contributed by atoms with Crippen molar-refractivity contribution in [1.82, 2.24) is 19.7 Å². The summed E-state index contributed by atoms with van der Waals surface area (Å²) in [5, 5.41) is 9.04. The van der Waals surface area contributed by atoms with E-state index in [1.54, 1.807) is 17.8 Å². The van der Waals surface area contributed by atoms with Gasteiger partial charge >= 0.3 is 0 Å². The third kappa shape index (κ3) is 4.13. The Hall–Kier alpha value is -2.93. The lowest BCUT2D eigenvalue weighted by molar-refractivity contribution is 0.680. The van der Waals surface area contributed by atoms with E-state index in [2.05, 4.69) is 25.6 Å². The second kappa shape index (κ2) is 7.31. The van der Waals surface area contributed by atoms with Gasteiger partial charge in [-0.15, -0.1) is 0 Å². The van der Waals surface area contributed by atoms with E-state index in [1.165, 1.54) is 6.07 Å². The number of anilines is 1. The van der Waals surface area contributed by atoms with Crippen LogP contribution in [-0.4, -0.2) is 26.0 Å². The van der Waals surface area contributed by atoms with Crippen LogP contribution in [0.2, 0.25) is 5.15 Å². The molecule has 1 aromatic carbocycles. The number of rotatable bonds is 5. The summed E-state index contributed by atoms with van der Waals surface area (Å²) in [6.45, 7) is 4.18. The number of aryl methyl sites for hydroxylation is 2. The molecule has 0 bridgehead atoms. The van der Waals surface area contributed by atoms with Crippen LogP contribution in [0.5, 0.6) is 0 Å². The predicted molar refractivity (Wildman–Crippen MR) is 98.3 cm³/mol. The van der Waals surface area contributed by atoms with E-state index in [0.29, 0.717) is 23.0 Å². The average Bonchev–Trinajstić information content (AvgIpc) is 2.82. The zero-order valence-corrected chi connectivity index (χ0v) is 14.6. The van der Waals surface area contributed by atoms with Gasteiger partial charge in [0.1, 0.15) is 5.15 Å². The van der Waals surface area contributed by atoms with Crippen LogP contribution in [0, 0.1) is 13.8 Å². The number of benzene rings is 1. The van der Waals surface area contributed by atoms with Gasteiger partial charge in [0.25, 0.3) is 5.56 Å². The fourth-order valence-electron chi connectivity index (χ4n) is 2.36. The molecule has 25 heavy (non-hydrogen) atoms. The van der Waals surface area contributed by atoms with E-state index in [9.17, 15) is 4.79 Å². The van der Waals surface area contributed by atoms with Gasteiger partial charge in [-0.05, 0) is 19.4 Å². The SMILES string of the molecule is Cc1cc(=O)[nH]c(N/N=C\c2c(C)nn(Cc3ccccc3)c2Cl)n1. The largest absolute Gasteiger partial charge is 0.291 e. The third-order valence-electron chi connectivity index (χ3n) is 3.52. The van der Waals surface area contributed by atoms with E-state index >= 15 is 0 Å². The molecule has 2 heterocycles. The summed E-state index contributed by atoms with van der Waals surface area (Å²) in [5.74, 6) is 0.270. The molecule has 0 spiro atoms. The van der Waals surface area contributed by atoms with E-state index in [-0.39, 0.29) is 11.5 Å². The molecule has 0 aliphatic carbocycles. The smallest absolute Gasteiger partial charge is 0.252 e. The first-order valence-corrected chi connectivity index (χ1v) is 8.04. The Bertz CT molecular complexity index is 961. The summed E-state index contributed by atoms with van der Waals surface area (Å²) in [6.07, 6.45) is 1.56. The number of hydrogen-bond donors (Lipinski definition) is 2. The number of halogens is 1. The van der Waals surface area contributed by atoms with Crippen molar-refractivity contribution < 1.29 is 0 Å². The lowest BCUT2D eigenvalue weighted by Gasteiger charge is -2.03. The Labute approximate surface area is 149 Å². The Morgan fingerprint density at radius 2 is 2.08 bits per heavy atom. The van der Waals surface area contributed by atoms with Crippen LogP contribution in [0.1, 0.15) is 22.5 Å². The summed E-state index contributed by atoms with van der Waals surface area (Å²) in [7, 11) is 0. The van der Waals surface area contributed by atoms with Gasteiger partial charge in [0.15, 0.2) is 0 Å². The molecule has 2 N–H and O–H groups in total. The van der Waals surface area contributed by atoms with Crippen LogP contribution in [0.25, 0.3) is 0 Å². The molecule has 0 unspecified atom stereocenters. The number of nitrogens with zero attached hydrogens (tertiary/aromatic N) is 4. The first kappa shape index (κ1) is 16.9. The first-order chi connectivity index (χ1) is 12.0. The molecule has 3 aromatic rings. The van der Waals surface area contributed by atoms with Gasteiger partial charge < -0.3 is 0 Å². The maximum Gasteiger partial charge on any atom is 0.252 e. The summed E-state index contributed by atoms with van der Waals surface area (Å²) in [5.41, 5.74) is 5.63. The zero-order valence-electron chi connectivity index (χ0n) is 13.8. The second-order valence-electron chi connectivity index (χ2n) is 5.54. The van der Waals surface area contributed by atoms with Crippen molar-refractivity contribution in [2.24, 2.45) is 5.10 Å². The third-order valence-corrected chi connectivity index (χ3v) is 3.92. The van der Waals surface area contributed by atoms with E-state index in [1.807, 2.05) is 37.3 Å². The highest BCUT2D eigenvalue weighted by molar-refractivity contribution is 6.32. The topological polar surface area (TPSA) is 88.0 Å².